The molecular formula is C17H16O3. The zero-order valence-electron chi connectivity index (χ0n) is 11.3. The number of carbonyl (C=O) groups excluding carboxylic acids is 1. The largest absolute Gasteiger partial charge is 0.468 e. The second kappa shape index (κ2) is 5.10. The summed E-state index contributed by atoms with van der Waals surface area (Å²) in [6, 6.07) is 18.2. The molecule has 0 saturated carbocycles. The highest BCUT2D eigenvalue weighted by Crippen LogP contribution is 2.34. The number of esters is 1. The molecule has 1 aliphatic rings. The van der Waals surface area contributed by atoms with E-state index in [1.54, 1.807) is 0 Å². The molecule has 3 rings (SSSR count). The molecule has 20 heavy (non-hydrogen) atoms. The number of benzene rings is 2. The van der Waals surface area contributed by atoms with Gasteiger partial charge in [0.2, 0.25) is 0 Å². The van der Waals surface area contributed by atoms with Gasteiger partial charge < -0.3 is 9.47 Å². The van der Waals surface area contributed by atoms with Crippen molar-refractivity contribution in [3.63, 3.8) is 0 Å². The maximum absolute atomic E-state index is 12.0. The van der Waals surface area contributed by atoms with Crippen LogP contribution in [0.25, 0.3) is 11.1 Å². The first kappa shape index (κ1) is 12.9. The van der Waals surface area contributed by atoms with E-state index in [9.17, 15) is 4.79 Å². The summed E-state index contributed by atoms with van der Waals surface area (Å²) < 4.78 is 10.1. The zero-order chi connectivity index (χ0) is 14.0. The highest BCUT2D eigenvalue weighted by atomic mass is 16.5. The molecule has 0 radical (unpaired) electrons. The van der Waals surface area contributed by atoms with Gasteiger partial charge in [0, 0.05) is 0 Å². The molecule has 2 aromatic carbocycles. The molecular weight excluding hydrogens is 252 g/mol. The fraction of sp³-hybridized carbons (Fsp3) is 0.235. The maximum atomic E-state index is 12.0. The van der Waals surface area contributed by atoms with Crippen LogP contribution in [-0.2, 0) is 19.7 Å². The fourth-order valence-corrected chi connectivity index (χ4v) is 2.52. The first-order chi connectivity index (χ1) is 9.76. The average Bonchev–Trinajstić information content (AvgIpc) is 2.47. The Balaban J connectivity index is 1.92. The average molecular weight is 268 g/mol. The van der Waals surface area contributed by atoms with Crippen molar-refractivity contribution in [3.05, 3.63) is 60.2 Å². The van der Waals surface area contributed by atoms with E-state index in [4.69, 9.17) is 9.47 Å². The van der Waals surface area contributed by atoms with Gasteiger partial charge in [-0.15, -0.1) is 0 Å². The van der Waals surface area contributed by atoms with E-state index >= 15 is 0 Å². The van der Waals surface area contributed by atoms with E-state index in [-0.39, 0.29) is 5.97 Å². The summed E-state index contributed by atoms with van der Waals surface area (Å²) in [5, 5.41) is 0. The highest BCUT2D eigenvalue weighted by Gasteiger charge is 2.48. The lowest BCUT2D eigenvalue weighted by atomic mass is 9.78. The molecule has 0 spiro atoms. The molecule has 0 unspecified atom stereocenters. The summed E-state index contributed by atoms with van der Waals surface area (Å²) >= 11 is 0. The molecule has 1 aliphatic heterocycles. The Hall–Kier alpha value is -2.13. The van der Waals surface area contributed by atoms with Crippen molar-refractivity contribution in [2.75, 3.05) is 20.3 Å². The third-order valence-corrected chi connectivity index (χ3v) is 3.82. The highest BCUT2D eigenvalue weighted by molar-refractivity contribution is 5.85. The number of rotatable bonds is 3. The Labute approximate surface area is 118 Å². The zero-order valence-corrected chi connectivity index (χ0v) is 11.3. The molecule has 3 nitrogen and oxygen atoms in total. The van der Waals surface area contributed by atoms with E-state index in [1.165, 1.54) is 7.11 Å². The lowest BCUT2D eigenvalue weighted by molar-refractivity contribution is -0.166. The molecule has 0 aliphatic carbocycles. The SMILES string of the molecule is COC(=O)C1(c2ccc(-c3ccccc3)cc2)COC1. The fourth-order valence-electron chi connectivity index (χ4n) is 2.52. The minimum Gasteiger partial charge on any atom is -0.468 e. The summed E-state index contributed by atoms with van der Waals surface area (Å²) in [4.78, 5) is 12.0. The molecule has 0 amide bonds. The van der Waals surface area contributed by atoms with Crippen molar-refractivity contribution in [2.24, 2.45) is 0 Å². The molecule has 0 atom stereocenters. The standard InChI is InChI=1S/C17H16O3/c1-19-16(18)17(11-20-12-17)15-9-7-14(8-10-15)13-5-3-2-4-6-13/h2-10H,11-12H2,1H3. The maximum Gasteiger partial charge on any atom is 0.321 e. The van der Waals surface area contributed by atoms with Gasteiger partial charge in [0.25, 0.3) is 0 Å². The van der Waals surface area contributed by atoms with Gasteiger partial charge in [0.05, 0.1) is 20.3 Å². The topological polar surface area (TPSA) is 35.5 Å². The smallest absolute Gasteiger partial charge is 0.321 e. The van der Waals surface area contributed by atoms with E-state index < -0.39 is 5.41 Å². The Morgan fingerprint density at radius 2 is 1.60 bits per heavy atom. The van der Waals surface area contributed by atoms with Crippen LogP contribution in [0.5, 0.6) is 0 Å². The Morgan fingerprint density at radius 3 is 2.10 bits per heavy atom. The van der Waals surface area contributed by atoms with Crippen LogP contribution >= 0.6 is 0 Å². The Bertz CT molecular complexity index is 598. The van der Waals surface area contributed by atoms with Crippen molar-refractivity contribution in [3.8, 4) is 11.1 Å². The van der Waals surface area contributed by atoms with E-state index in [1.807, 2.05) is 42.5 Å². The first-order valence-electron chi connectivity index (χ1n) is 6.58. The van der Waals surface area contributed by atoms with Crippen LogP contribution in [-0.4, -0.2) is 26.3 Å². The molecule has 0 bridgehead atoms. The molecule has 0 aromatic heterocycles. The summed E-state index contributed by atoms with van der Waals surface area (Å²) in [7, 11) is 1.42. The molecule has 1 saturated heterocycles. The Morgan fingerprint density at radius 1 is 1.00 bits per heavy atom. The van der Waals surface area contributed by atoms with Gasteiger partial charge in [-0.3, -0.25) is 4.79 Å². The minimum absolute atomic E-state index is 0.226. The monoisotopic (exact) mass is 268 g/mol. The quantitative estimate of drug-likeness (QED) is 0.803. The predicted molar refractivity (Wildman–Crippen MR) is 76.4 cm³/mol. The van der Waals surface area contributed by atoms with Crippen LogP contribution in [0.4, 0.5) is 0 Å². The number of ether oxygens (including phenoxy) is 2. The van der Waals surface area contributed by atoms with Crippen LogP contribution in [0.15, 0.2) is 54.6 Å². The molecule has 2 aromatic rings. The summed E-state index contributed by atoms with van der Waals surface area (Å²) in [6.45, 7) is 0.786. The van der Waals surface area contributed by atoms with Crippen LogP contribution in [0.3, 0.4) is 0 Å². The number of hydrogen-bond donors (Lipinski definition) is 0. The molecule has 3 heteroatoms. The number of methoxy groups -OCH3 is 1. The van der Waals surface area contributed by atoms with Gasteiger partial charge in [-0.05, 0) is 16.7 Å². The minimum atomic E-state index is -0.621. The van der Waals surface area contributed by atoms with Gasteiger partial charge in [-0.25, -0.2) is 0 Å². The van der Waals surface area contributed by atoms with Crippen molar-refractivity contribution in [1.29, 1.82) is 0 Å². The van der Waals surface area contributed by atoms with Crippen LogP contribution in [0.1, 0.15) is 5.56 Å². The van der Waals surface area contributed by atoms with Gasteiger partial charge >= 0.3 is 5.97 Å². The summed E-state index contributed by atoms with van der Waals surface area (Å²) in [5.41, 5.74) is 2.63. The second-order valence-electron chi connectivity index (χ2n) is 5.01. The summed E-state index contributed by atoms with van der Waals surface area (Å²) in [6.07, 6.45) is 0. The molecule has 1 fully saturated rings. The van der Waals surface area contributed by atoms with Crippen molar-refractivity contribution in [2.45, 2.75) is 5.41 Å². The Kier molecular flexibility index (Phi) is 3.28. The van der Waals surface area contributed by atoms with Crippen LogP contribution in [0.2, 0.25) is 0 Å². The third-order valence-electron chi connectivity index (χ3n) is 3.82. The molecule has 102 valence electrons. The van der Waals surface area contributed by atoms with Crippen LogP contribution in [0, 0.1) is 0 Å². The van der Waals surface area contributed by atoms with Gasteiger partial charge in [-0.2, -0.15) is 0 Å². The first-order valence-corrected chi connectivity index (χ1v) is 6.58. The predicted octanol–water partition coefficient (Wildman–Crippen LogP) is 2.79. The number of carbonyl (C=O) groups is 1. The lowest BCUT2D eigenvalue weighted by Gasteiger charge is -2.38. The molecule has 1 heterocycles. The normalized spacial score (nSPS) is 16.2. The third kappa shape index (κ3) is 2.00. The van der Waals surface area contributed by atoms with E-state index in [0.29, 0.717) is 13.2 Å². The van der Waals surface area contributed by atoms with Crippen molar-refractivity contribution < 1.29 is 14.3 Å². The second-order valence-corrected chi connectivity index (χ2v) is 5.01. The van der Waals surface area contributed by atoms with E-state index in [2.05, 4.69) is 12.1 Å². The van der Waals surface area contributed by atoms with Gasteiger partial charge in [-0.1, -0.05) is 54.6 Å². The van der Waals surface area contributed by atoms with Crippen molar-refractivity contribution >= 4 is 5.97 Å². The van der Waals surface area contributed by atoms with Gasteiger partial charge in [0.1, 0.15) is 5.41 Å². The van der Waals surface area contributed by atoms with Gasteiger partial charge in [0.15, 0.2) is 0 Å². The lowest BCUT2D eigenvalue weighted by Crippen LogP contribution is -2.53. The number of hydrogen-bond acceptors (Lipinski definition) is 3. The van der Waals surface area contributed by atoms with Crippen LogP contribution < -0.4 is 0 Å². The summed E-state index contributed by atoms with van der Waals surface area (Å²) in [5.74, 6) is -0.226. The van der Waals surface area contributed by atoms with E-state index in [0.717, 1.165) is 16.7 Å². The molecule has 0 N–H and O–H groups in total. The van der Waals surface area contributed by atoms with Crippen molar-refractivity contribution in [1.82, 2.24) is 0 Å².